The van der Waals surface area contributed by atoms with E-state index in [0.717, 1.165) is 0 Å². The predicted octanol–water partition coefficient (Wildman–Crippen LogP) is 3.37. The summed E-state index contributed by atoms with van der Waals surface area (Å²) in [6.45, 7) is 3.38. The highest BCUT2D eigenvalue weighted by Gasteiger charge is 2.44. The van der Waals surface area contributed by atoms with Crippen LogP contribution in [0.4, 0.5) is 29.7 Å². The van der Waals surface area contributed by atoms with E-state index in [1.165, 1.54) is 0 Å². The number of likely N-dealkylation sites (tertiary alicyclic amines) is 1. The van der Waals surface area contributed by atoms with Gasteiger partial charge < -0.3 is 15.4 Å². The number of hydrogen-bond acceptors (Lipinski definition) is 7. The molecule has 3 aromatic rings. The fraction of sp³-hybridized carbons (Fsp3) is 0.545. The van der Waals surface area contributed by atoms with Crippen molar-refractivity contribution in [3.63, 3.8) is 0 Å². The number of fused-ring (bicyclic) bond motifs is 1. The molecule has 3 aromatic heterocycles. The molecule has 1 saturated heterocycles. The molecule has 0 spiro atoms. The topological polar surface area (TPSA) is 112 Å². The van der Waals surface area contributed by atoms with Crippen LogP contribution in [0.25, 0.3) is 5.65 Å². The van der Waals surface area contributed by atoms with Gasteiger partial charge in [0.05, 0.1) is 18.8 Å². The molecule has 5 rings (SSSR count). The van der Waals surface area contributed by atoms with Gasteiger partial charge in [0.1, 0.15) is 17.9 Å². The van der Waals surface area contributed by atoms with Gasteiger partial charge in [0.25, 0.3) is 5.92 Å². The van der Waals surface area contributed by atoms with E-state index in [-0.39, 0.29) is 19.1 Å². The minimum absolute atomic E-state index is 0.0934. The number of alkyl halides is 3. The molecule has 0 bridgehead atoms. The van der Waals surface area contributed by atoms with Gasteiger partial charge in [0, 0.05) is 42.7 Å². The summed E-state index contributed by atoms with van der Waals surface area (Å²) in [5.41, 5.74) is 1.85. The molecule has 1 aliphatic heterocycles. The van der Waals surface area contributed by atoms with Gasteiger partial charge in [-0.2, -0.15) is 5.10 Å². The minimum Gasteiger partial charge on any atom is -0.443 e. The second-order valence-corrected chi connectivity index (χ2v) is 9.43. The van der Waals surface area contributed by atoms with Gasteiger partial charge in [-0.1, -0.05) is 0 Å². The van der Waals surface area contributed by atoms with Crippen molar-refractivity contribution in [2.24, 2.45) is 0 Å². The third-order valence-corrected chi connectivity index (χ3v) is 6.13. The number of rotatable bonds is 7. The van der Waals surface area contributed by atoms with Crippen LogP contribution >= 0.6 is 0 Å². The number of hydrogen-bond donors (Lipinski definition) is 3. The second kappa shape index (κ2) is 9.02. The molecule has 10 nitrogen and oxygen atoms in total. The highest BCUT2D eigenvalue weighted by molar-refractivity contribution is 5.67. The van der Waals surface area contributed by atoms with Gasteiger partial charge in [-0.15, -0.1) is 0 Å². The third-order valence-electron chi connectivity index (χ3n) is 6.13. The quantitative estimate of drug-likeness (QED) is 0.464. The van der Waals surface area contributed by atoms with Crippen LogP contribution in [0.5, 0.6) is 0 Å². The molecule has 2 aliphatic rings. The summed E-state index contributed by atoms with van der Waals surface area (Å²) in [4.78, 5) is 22.3. The Morgan fingerprint density at radius 2 is 2.14 bits per heavy atom. The number of ether oxygens (including phenoxy) is 1. The average molecular weight is 493 g/mol. The van der Waals surface area contributed by atoms with Crippen LogP contribution in [0.15, 0.2) is 24.5 Å². The number of alkyl carbamates (subject to hydrolysis) is 1. The molecule has 4 heterocycles. The van der Waals surface area contributed by atoms with E-state index < -0.39 is 30.2 Å². The van der Waals surface area contributed by atoms with Crippen molar-refractivity contribution in [3.05, 3.63) is 35.9 Å². The molecule has 0 aromatic carbocycles. The van der Waals surface area contributed by atoms with Crippen molar-refractivity contribution in [2.45, 2.75) is 63.4 Å². The van der Waals surface area contributed by atoms with E-state index in [2.05, 4.69) is 30.8 Å². The number of aromatic nitrogens is 5. The van der Waals surface area contributed by atoms with Crippen molar-refractivity contribution in [2.75, 3.05) is 18.4 Å². The summed E-state index contributed by atoms with van der Waals surface area (Å²) in [5, 5.41) is 12.8. The molecule has 1 saturated carbocycles. The maximum absolute atomic E-state index is 15.0. The number of aromatic amines is 1. The van der Waals surface area contributed by atoms with Crippen molar-refractivity contribution >= 4 is 23.5 Å². The fourth-order valence-electron chi connectivity index (χ4n) is 4.57. The molecule has 1 aliphatic carbocycles. The first-order valence-electron chi connectivity index (χ1n) is 11.5. The van der Waals surface area contributed by atoms with E-state index in [4.69, 9.17) is 4.74 Å². The van der Waals surface area contributed by atoms with Crippen LogP contribution in [-0.2, 0) is 11.3 Å². The summed E-state index contributed by atoms with van der Waals surface area (Å²) in [6.07, 6.45) is 1.46. The van der Waals surface area contributed by atoms with Crippen molar-refractivity contribution < 1.29 is 22.7 Å². The van der Waals surface area contributed by atoms with E-state index in [9.17, 15) is 13.6 Å². The smallest absolute Gasteiger partial charge is 0.407 e. The van der Waals surface area contributed by atoms with E-state index in [1.54, 1.807) is 47.7 Å². The largest absolute Gasteiger partial charge is 0.443 e. The number of H-pyrrole nitrogens is 1. The Balaban J connectivity index is 1.24. The van der Waals surface area contributed by atoms with Gasteiger partial charge in [-0.3, -0.25) is 14.4 Å². The summed E-state index contributed by atoms with van der Waals surface area (Å²) >= 11 is 0. The highest BCUT2D eigenvalue weighted by atomic mass is 19.3. The number of imidazole rings is 1. The normalized spacial score (nSPS) is 24.0. The maximum atomic E-state index is 15.0. The standard InChI is InChI=1S/C22H27F3N8O2/c1-12(2)27-21(34)35-16-4-3-14(19(16)23)15-7-17(31-30-15)29-20-26-6-5-18-28-13(9-33(18)20)8-32-10-22(24,25)11-32/h5-7,9,12,14,16,19H,3-4,8,10-11H2,1-2H3,(H,27,34)(H2,26,29,30,31)/t14-,16-,19-/m0/s1. The highest BCUT2D eigenvalue weighted by Crippen LogP contribution is 2.38. The number of carbonyl (C=O) groups is 1. The Labute approximate surface area is 199 Å². The monoisotopic (exact) mass is 492 g/mol. The number of halogens is 3. The molecule has 188 valence electrons. The fourth-order valence-corrected chi connectivity index (χ4v) is 4.57. The predicted molar refractivity (Wildman–Crippen MR) is 120 cm³/mol. The summed E-state index contributed by atoms with van der Waals surface area (Å²) in [5.74, 6) is -2.24. The van der Waals surface area contributed by atoms with Crippen molar-refractivity contribution in [3.8, 4) is 0 Å². The van der Waals surface area contributed by atoms with E-state index in [1.807, 2.05) is 0 Å². The number of carbonyl (C=O) groups excluding carboxylic acids is 1. The van der Waals surface area contributed by atoms with E-state index >= 15 is 4.39 Å². The Hall–Kier alpha value is -3.35. The number of nitrogens with zero attached hydrogens (tertiary/aromatic N) is 5. The van der Waals surface area contributed by atoms with Crippen LogP contribution in [0.3, 0.4) is 0 Å². The Bertz CT molecular complexity index is 1200. The van der Waals surface area contributed by atoms with Crippen LogP contribution < -0.4 is 10.6 Å². The Morgan fingerprint density at radius 3 is 2.89 bits per heavy atom. The molecule has 3 N–H and O–H groups in total. The Kier molecular flexibility index (Phi) is 6.03. The van der Waals surface area contributed by atoms with Gasteiger partial charge >= 0.3 is 6.09 Å². The summed E-state index contributed by atoms with van der Waals surface area (Å²) in [7, 11) is 0. The average Bonchev–Trinajstić information content (AvgIpc) is 3.46. The lowest BCUT2D eigenvalue weighted by Gasteiger charge is -2.38. The molecule has 3 atom stereocenters. The SMILES string of the molecule is CC(C)NC(=O)O[C@H]1CC[C@@H](c2cc(Nc3nccc4nc(CN5CC(F)(F)C5)cn34)n[nH]2)[C@@H]1F. The van der Waals surface area contributed by atoms with Gasteiger partial charge in [-0.05, 0) is 32.8 Å². The first-order valence-corrected chi connectivity index (χ1v) is 11.5. The summed E-state index contributed by atoms with van der Waals surface area (Å²) < 4.78 is 48.2. The molecule has 0 unspecified atom stereocenters. The molecule has 35 heavy (non-hydrogen) atoms. The second-order valence-electron chi connectivity index (χ2n) is 9.43. The number of anilines is 2. The Morgan fingerprint density at radius 1 is 1.34 bits per heavy atom. The van der Waals surface area contributed by atoms with Gasteiger partial charge in [0.15, 0.2) is 5.82 Å². The summed E-state index contributed by atoms with van der Waals surface area (Å²) in [6, 6.07) is 3.33. The van der Waals surface area contributed by atoms with Gasteiger partial charge in [0.2, 0.25) is 5.95 Å². The first kappa shape index (κ1) is 23.4. The molecule has 0 radical (unpaired) electrons. The molecule has 13 heteroatoms. The van der Waals surface area contributed by atoms with Crippen LogP contribution in [-0.4, -0.2) is 72.9 Å². The molecule has 1 amide bonds. The third kappa shape index (κ3) is 5.04. The lowest BCUT2D eigenvalue weighted by Crippen LogP contribution is -2.55. The zero-order chi connectivity index (χ0) is 24.7. The van der Waals surface area contributed by atoms with Crippen molar-refractivity contribution in [1.82, 2.24) is 34.8 Å². The van der Waals surface area contributed by atoms with Gasteiger partial charge in [-0.25, -0.2) is 27.9 Å². The lowest BCUT2D eigenvalue weighted by molar-refractivity contribution is -0.134. The van der Waals surface area contributed by atoms with Crippen molar-refractivity contribution in [1.29, 1.82) is 0 Å². The maximum Gasteiger partial charge on any atom is 0.407 e. The molecular weight excluding hydrogens is 465 g/mol. The first-order chi connectivity index (χ1) is 16.7. The zero-order valence-electron chi connectivity index (χ0n) is 19.3. The zero-order valence-corrected chi connectivity index (χ0v) is 19.3. The lowest BCUT2D eigenvalue weighted by atomic mass is 10.0. The van der Waals surface area contributed by atoms with Crippen LogP contribution in [0, 0.1) is 0 Å². The van der Waals surface area contributed by atoms with Crippen LogP contribution in [0.1, 0.15) is 44.0 Å². The van der Waals surface area contributed by atoms with E-state index in [0.29, 0.717) is 48.2 Å². The minimum atomic E-state index is -2.63. The van der Waals surface area contributed by atoms with Crippen LogP contribution in [0.2, 0.25) is 0 Å². The number of amides is 1. The molecular formula is C22H27F3N8O2. The number of nitrogens with one attached hydrogen (secondary N) is 3. The molecule has 2 fully saturated rings.